The second-order valence-corrected chi connectivity index (χ2v) is 7.20. The van der Waals surface area contributed by atoms with Gasteiger partial charge in [-0.05, 0) is 37.6 Å². The van der Waals surface area contributed by atoms with E-state index in [0.717, 1.165) is 5.69 Å². The zero-order chi connectivity index (χ0) is 17.4. The maximum Gasteiger partial charge on any atom is 0.255 e. The van der Waals surface area contributed by atoms with Crippen LogP contribution in [-0.4, -0.2) is 30.8 Å². The highest BCUT2D eigenvalue weighted by Crippen LogP contribution is 2.23. The fourth-order valence-electron chi connectivity index (χ4n) is 2.38. The number of hydrogen-bond acceptors (Lipinski definition) is 3. The molecule has 2 aromatic rings. The van der Waals surface area contributed by atoms with Crippen LogP contribution in [0, 0.1) is 6.92 Å². The highest BCUT2D eigenvalue weighted by molar-refractivity contribution is 7.89. The molecule has 2 N–H and O–H groups in total. The summed E-state index contributed by atoms with van der Waals surface area (Å²) in [6.45, 7) is 3.73. The molecule has 0 fully saturated rings. The van der Waals surface area contributed by atoms with E-state index in [-0.39, 0.29) is 16.8 Å². The highest BCUT2D eigenvalue weighted by atomic mass is 32.2. The monoisotopic (exact) mass is 335 g/mol. The Morgan fingerprint density at radius 1 is 1.30 bits per heavy atom. The standard InChI is InChI=1S/C16H21N3O3S/c1-11(13-6-5-7-14(10-13)23(17,21)22)19(4)16(20)15-8-9-18(3)12(15)2/h5-11H,1-4H3,(H2,17,21,22). The first-order valence-electron chi connectivity index (χ1n) is 7.14. The second-order valence-electron chi connectivity index (χ2n) is 5.64. The lowest BCUT2D eigenvalue weighted by molar-refractivity contribution is 0.0741. The fourth-order valence-corrected chi connectivity index (χ4v) is 2.94. The smallest absolute Gasteiger partial charge is 0.255 e. The molecule has 124 valence electrons. The average Bonchev–Trinajstić information content (AvgIpc) is 2.84. The molecule has 1 unspecified atom stereocenters. The molecule has 0 aliphatic carbocycles. The summed E-state index contributed by atoms with van der Waals surface area (Å²) in [4.78, 5) is 14.3. The third-order valence-corrected chi connectivity index (χ3v) is 5.10. The Labute approximate surface area is 136 Å². The van der Waals surface area contributed by atoms with Gasteiger partial charge >= 0.3 is 0 Å². The summed E-state index contributed by atoms with van der Waals surface area (Å²) < 4.78 is 24.8. The van der Waals surface area contributed by atoms with Crippen molar-refractivity contribution in [3.63, 3.8) is 0 Å². The lowest BCUT2D eigenvalue weighted by atomic mass is 10.1. The number of carbonyl (C=O) groups excluding carboxylic acids is 1. The van der Waals surface area contributed by atoms with Crippen LogP contribution in [0.3, 0.4) is 0 Å². The maximum absolute atomic E-state index is 12.6. The van der Waals surface area contributed by atoms with Crippen LogP contribution in [0.1, 0.15) is 34.6 Å². The Bertz CT molecular complexity index is 840. The summed E-state index contributed by atoms with van der Waals surface area (Å²) >= 11 is 0. The van der Waals surface area contributed by atoms with E-state index in [4.69, 9.17) is 5.14 Å². The van der Waals surface area contributed by atoms with Gasteiger partial charge in [0.1, 0.15) is 0 Å². The molecule has 1 aromatic carbocycles. The van der Waals surface area contributed by atoms with Crippen LogP contribution in [0.4, 0.5) is 0 Å². The molecule has 0 spiro atoms. The van der Waals surface area contributed by atoms with Crippen LogP contribution in [0.2, 0.25) is 0 Å². The van der Waals surface area contributed by atoms with Gasteiger partial charge < -0.3 is 9.47 Å². The van der Waals surface area contributed by atoms with Crippen LogP contribution in [-0.2, 0) is 17.1 Å². The fraction of sp³-hybridized carbons (Fsp3) is 0.312. The zero-order valence-electron chi connectivity index (χ0n) is 13.6. The molecule has 6 nitrogen and oxygen atoms in total. The van der Waals surface area contributed by atoms with E-state index in [0.29, 0.717) is 11.1 Å². The van der Waals surface area contributed by atoms with E-state index < -0.39 is 10.0 Å². The van der Waals surface area contributed by atoms with Gasteiger partial charge in [-0.25, -0.2) is 13.6 Å². The largest absolute Gasteiger partial charge is 0.354 e. The SMILES string of the molecule is Cc1c(C(=O)N(C)C(C)c2cccc(S(N)(=O)=O)c2)ccn1C. The highest BCUT2D eigenvalue weighted by Gasteiger charge is 2.22. The van der Waals surface area contributed by atoms with Gasteiger partial charge in [0.05, 0.1) is 16.5 Å². The molecule has 0 saturated carbocycles. The molecule has 1 heterocycles. The first kappa shape index (κ1) is 17.2. The lowest BCUT2D eigenvalue weighted by Gasteiger charge is -2.25. The van der Waals surface area contributed by atoms with E-state index in [9.17, 15) is 13.2 Å². The minimum Gasteiger partial charge on any atom is -0.354 e. The number of carbonyl (C=O) groups is 1. The van der Waals surface area contributed by atoms with Crippen molar-refractivity contribution in [3.05, 3.63) is 53.3 Å². The van der Waals surface area contributed by atoms with Gasteiger partial charge in [0.15, 0.2) is 0 Å². The van der Waals surface area contributed by atoms with E-state index >= 15 is 0 Å². The normalized spacial score (nSPS) is 12.9. The number of amides is 1. The molecular weight excluding hydrogens is 314 g/mol. The van der Waals surface area contributed by atoms with Crippen molar-refractivity contribution in [3.8, 4) is 0 Å². The summed E-state index contributed by atoms with van der Waals surface area (Å²) in [5, 5.41) is 5.16. The third-order valence-electron chi connectivity index (χ3n) is 4.18. The molecule has 1 atom stereocenters. The van der Waals surface area contributed by atoms with Crippen molar-refractivity contribution < 1.29 is 13.2 Å². The molecule has 23 heavy (non-hydrogen) atoms. The second kappa shape index (κ2) is 6.17. The Balaban J connectivity index is 2.31. The number of aromatic nitrogens is 1. The zero-order valence-corrected chi connectivity index (χ0v) is 14.5. The van der Waals surface area contributed by atoms with Gasteiger partial charge in [-0.3, -0.25) is 4.79 Å². The van der Waals surface area contributed by atoms with Gasteiger partial charge in [0.25, 0.3) is 5.91 Å². The number of benzene rings is 1. The number of rotatable bonds is 4. The van der Waals surface area contributed by atoms with Crippen LogP contribution in [0.25, 0.3) is 0 Å². The Hall–Kier alpha value is -2.12. The number of nitrogens with two attached hydrogens (primary N) is 1. The van der Waals surface area contributed by atoms with Crippen LogP contribution >= 0.6 is 0 Å². The lowest BCUT2D eigenvalue weighted by Crippen LogP contribution is -2.30. The molecule has 7 heteroatoms. The molecule has 1 amide bonds. The van der Waals surface area contributed by atoms with Gasteiger partial charge in [-0.2, -0.15) is 0 Å². The minimum atomic E-state index is -3.77. The number of hydrogen-bond donors (Lipinski definition) is 1. The van der Waals surface area contributed by atoms with E-state index in [1.54, 1.807) is 30.1 Å². The topological polar surface area (TPSA) is 85.4 Å². The Morgan fingerprint density at radius 2 is 1.96 bits per heavy atom. The average molecular weight is 335 g/mol. The first-order chi connectivity index (χ1) is 10.6. The Morgan fingerprint density at radius 3 is 2.48 bits per heavy atom. The van der Waals surface area contributed by atoms with Crippen LogP contribution < -0.4 is 5.14 Å². The molecule has 0 saturated heterocycles. The van der Waals surface area contributed by atoms with Gasteiger partial charge in [-0.1, -0.05) is 12.1 Å². The molecule has 0 aliphatic heterocycles. The predicted octanol–water partition coefficient (Wildman–Crippen LogP) is 1.81. The van der Waals surface area contributed by atoms with E-state index in [1.165, 1.54) is 12.1 Å². The molecule has 2 rings (SSSR count). The summed E-state index contributed by atoms with van der Waals surface area (Å²) in [7, 11) is -0.190. The number of primary sulfonamides is 1. The van der Waals surface area contributed by atoms with Crippen molar-refractivity contribution >= 4 is 15.9 Å². The Kier molecular flexibility index (Phi) is 4.63. The van der Waals surface area contributed by atoms with Crippen molar-refractivity contribution in [2.75, 3.05) is 7.05 Å². The number of aryl methyl sites for hydroxylation is 1. The predicted molar refractivity (Wildman–Crippen MR) is 88.5 cm³/mol. The van der Waals surface area contributed by atoms with Crippen molar-refractivity contribution in [2.45, 2.75) is 24.8 Å². The molecule has 0 aliphatic rings. The van der Waals surface area contributed by atoms with Crippen molar-refractivity contribution in [2.24, 2.45) is 12.2 Å². The summed E-state index contributed by atoms with van der Waals surface area (Å²) in [5.41, 5.74) is 2.22. The summed E-state index contributed by atoms with van der Waals surface area (Å²) in [6.07, 6.45) is 1.84. The van der Waals surface area contributed by atoms with Gasteiger partial charge in [0.2, 0.25) is 10.0 Å². The third kappa shape index (κ3) is 3.46. The van der Waals surface area contributed by atoms with Crippen molar-refractivity contribution in [1.82, 2.24) is 9.47 Å². The number of sulfonamides is 1. The van der Waals surface area contributed by atoms with Gasteiger partial charge in [0, 0.05) is 26.0 Å². The van der Waals surface area contributed by atoms with E-state index in [2.05, 4.69) is 0 Å². The molecule has 0 radical (unpaired) electrons. The first-order valence-corrected chi connectivity index (χ1v) is 8.69. The summed E-state index contributed by atoms with van der Waals surface area (Å²) in [6, 6.07) is 7.83. The molecular formula is C16H21N3O3S. The van der Waals surface area contributed by atoms with Crippen LogP contribution in [0.5, 0.6) is 0 Å². The van der Waals surface area contributed by atoms with Crippen LogP contribution in [0.15, 0.2) is 41.4 Å². The number of nitrogens with zero attached hydrogens (tertiary/aromatic N) is 2. The van der Waals surface area contributed by atoms with Crippen molar-refractivity contribution in [1.29, 1.82) is 0 Å². The minimum absolute atomic E-state index is 0.0404. The quantitative estimate of drug-likeness (QED) is 0.924. The maximum atomic E-state index is 12.6. The molecule has 1 aromatic heterocycles. The van der Waals surface area contributed by atoms with Gasteiger partial charge in [-0.15, -0.1) is 0 Å². The van der Waals surface area contributed by atoms with E-state index in [1.807, 2.05) is 31.7 Å². The molecule has 0 bridgehead atoms. The summed E-state index contributed by atoms with van der Waals surface area (Å²) in [5.74, 6) is -0.114.